The van der Waals surface area contributed by atoms with E-state index in [1.54, 1.807) is 0 Å². The van der Waals surface area contributed by atoms with Crippen molar-refractivity contribution in [3.05, 3.63) is 0 Å². The summed E-state index contributed by atoms with van der Waals surface area (Å²) in [6.45, 7) is 10.1. The highest BCUT2D eigenvalue weighted by Crippen LogP contribution is 2.28. The lowest BCUT2D eigenvalue weighted by Crippen LogP contribution is -2.33. The van der Waals surface area contributed by atoms with E-state index in [2.05, 4.69) is 25.7 Å². The summed E-state index contributed by atoms with van der Waals surface area (Å²) in [4.78, 5) is 3.11. The van der Waals surface area contributed by atoms with Gasteiger partial charge >= 0.3 is 0 Å². The first kappa shape index (κ1) is 10.9. The second-order valence-corrected chi connectivity index (χ2v) is 5.42. The Balaban J connectivity index is 2.36. The van der Waals surface area contributed by atoms with Gasteiger partial charge in [0.1, 0.15) is 0 Å². The predicted octanol–water partition coefficient (Wildman–Crippen LogP) is 1.64. The Bertz CT molecular complexity index is 201. The zero-order valence-electron chi connectivity index (χ0n) is 8.84. The van der Waals surface area contributed by atoms with Crippen LogP contribution >= 0.6 is 12.2 Å². The van der Waals surface area contributed by atoms with Crippen LogP contribution in [0, 0.1) is 11.3 Å². The van der Waals surface area contributed by atoms with Crippen LogP contribution in [0.2, 0.25) is 0 Å². The molecule has 0 aromatic carbocycles. The number of rotatable bonds is 3. The van der Waals surface area contributed by atoms with Crippen LogP contribution in [0.15, 0.2) is 0 Å². The van der Waals surface area contributed by atoms with Crippen LogP contribution in [-0.4, -0.2) is 29.5 Å². The van der Waals surface area contributed by atoms with Crippen LogP contribution in [0.25, 0.3) is 0 Å². The minimum absolute atomic E-state index is 0.351. The summed E-state index contributed by atoms with van der Waals surface area (Å²) in [6, 6.07) is 0. The van der Waals surface area contributed by atoms with E-state index in [0.29, 0.717) is 16.3 Å². The van der Waals surface area contributed by atoms with E-state index in [0.717, 1.165) is 6.54 Å². The maximum absolute atomic E-state index is 5.59. The van der Waals surface area contributed by atoms with E-state index >= 15 is 0 Å². The van der Waals surface area contributed by atoms with Gasteiger partial charge in [-0.15, -0.1) is 0 Å². The largest absolute Gasteiger partial charge is 0.393 e. The average molecular weight is 200 g/mol. The summed E-state index contributed by atoms with van der Waals surface area (Å²) in [5, 5.41) is 0. The van der Waals surface area contributed by atoms with Crippen molar-refractivity contribution < 1.29 is 0 Å². The molecule has 3 heteroatoms. The maximum Gasteiger partial charge on any atom is 0.0768 e. The first-order valence-electron chi connectivity index (χ1n) is 4.92. The van der Waals surface area contributed by atoms with Crippen molar-refractivity contribution >= 4 is 17.2 Å². The van der Waals surface area contributed by atoms with Crippen LogP contribution in [0.3, 0.4) is 0 Å². The molecule has 0 radical (unpaired) electrons. The fourth-order valence-corrected chi connectivity index (χ4v) is 1.93. The standard InChI is InChI=1S/C10H20N2S/c1-8(9(11)13)6-12-5-4-10(2,3)7-12/h8H,4-7H2,1-3H3,(H2,11,13). The smallest absolute Gasteiger partial charge is 0.0768 e. The molecule has 0 aromatic rings. The number of likely N-dealkylation sites (tertiary alicyclic amines) is 1. The Kier molecular flexibility index (Phi) is 3.30. The number of thiocarbonyl (C=S) groups is 1. The molecule has 76 valence electrons. The van der Waals surface area contributed by atoms with Gasteiger partial charge < -0.3 is 10.6 Å². The van der Waals surface area contributed by atoms with Gasteiger partial charge in [-0.25, -0.2) is 0 Å². The van der Waals surface area contributed by atoms with Crippen LogP contribution < -0.4 is 5.73 Å². The highest BCUT2D eigenvalue weighted by molar-refractivity contribution is 7.80. The summed E-state index contributed by atoms with van der Waals surface area (Å²) in [5.41, 5.74) is 6.07. The molecule has 0 aliphatic carbocycles. The van der Waals surface area contributed by atoms with E-state index < -0.39 is 0 Å². The number of nitrogens with zero attached hydrogens (tertiary/aromatic N) is 1. The molecule has 1 aliphatic rings. The normalized spacial score (nSPS) is 24.5. The molecule has 2 N–H and O–H groups in total. The number of hydrogen-bond acceptors (Lipinski definition) is 2. The van der Waals surface area contributed by atoms with Crippen molar-refractivity contribution in [3.63, 3.8) is 0 Å². The second-order valence-electron chi connectivity index (χ2n) is 4.95. The number of hydrogen-bond donors (Lipinski definition) is 1. The number of nitrogens with two attached hydrogens (primary N) is 1. The second kappa shape index (κ2) is 3.93. The molecule has 0 aromatic heterocycles. The minimum atomic E-state index is 0.351. The molecule has 0 saturated carbocycles. The van der Waals surface area contributed by atoms with Crippen molar-refractivity contribution in [2.24, 2.45) is 17.1 Å². The van der Waals surface area contributed by atoms with E-state index in [1.807, 2.05) is 0 Å². The van der Waals surface area contributed by atoms with Gasteiger partial charge in [0.25, 0.3) is 0 Å². The lowest BCUT2D eigenvalue weighted by molar-refractivity contribution is 0.277. The monoisotopic (exact) mass is 200 g/mol. The van der Waals surface area contributed by atoms with Gasteiger partial charge in [-0.1, -0.05) is 33.0 Å². The minimum Gasteiger partial charge on any atom is -0.393 e. The molecule has 0 bridgehead atoms. The average Bonchev–Trinajstić information content (AvgIpc) is 2.30. The first-order chi connectivity index (χ1) is 5.91. The Morgan fingerprint density at radius 1 is 1.62 bits per heavy atom. The predicted molar refractivity (Wildman–Crippen MR) is 60.8 cm³/mol. The SMILES string of the molecule is CC(CN1CCC(C)(C)C1)C(N)=S. The molecule has 1 rings (SSSR count). The Hall–Kier alpha value is -0.150. The fourth-order valence-electron chi connectivity index (χ4n) is 1.86. The van der Waals surface area contributed by atoms with Gasteiger partial charge in [0.15, 0.2) is 0 Å². The molecule has 1 fully saturated rings. The molecular weight excluding hydrogens is 180 g/mol. The topological polar surface area (TPSA) is 29.3 Å². The Morgan fingerprint density at radius 2 is 2.23 bits per heavy atom. The molecule has 1 saturated heterocycles. The van der Waals surface area contributed by atoms with Gasteiger partial charge in [-0.05, 0) is 18.4 Å². The van der Waals surface area contributed by atoms with Gasteiger partial charge in [0, 0.05) is 19.0 Å². The van der Waals surface area contributed by atoms with Crippen LogP contribution in [0.4, 0.5) is 0 Å². The van der Waals surface area contributed by atoms with Gasteiger partial charge in [0.05, 0.1) is 4.99 Å². The van der Waals surface area contributed by atoms with E-state index in [1.165, 1.54) is 19.5 Å². The van der Waals surface area contributed by atoms with Crippen molar-refractivity contribution in [2.45, 2.75) is 27.2 Å². The zero-order valence-corrected chi connectivity index (χ0v) is 9.66. The Labute approximate surface area is 86.5 Å². The molecule has 1 aliphatic heterocycles. The summed E-state index contributed by atoms with van der Waals surface area (Å²) in [7, 11) is 0. The summed E-state index contributed by atoms with van der Waals surface area (Å²) in [5.74, 6) is 0.351. The summed E-state index contributed by atoms with van der Waals surface area (Å²) in [6.07, 6.45) is 1.29. The Morgan fingerprint density at radius 3 is 2.62 bits per heavy atom. The lowest BCUT2D eigenvalue weighted by Gasteiger charge is -2.22. The van der Waals surface area contributed by atoms with Crippen LogP contribution in [-0.2, 0) is 0 Å². The van der Waals surface area contributed by atoms with Crippen LogP contribution in [0.1, 0.15) is 27.2 Å². The highest BCUT2D eigenvalue weighted by atomic mass is 32.1. The quantitative estimate of drug-likeness (QED) is 0.702. The highest BCUT2D eigenvalue weighted by Gasteiger charge is 2.29. The van der Waals surface area contributed by atoms with Crippen molar-refractivity contribution in [3.8, 4) is 0 Å². The van der Waals surface area contributed by atoms with Crippen molar-refractivity contribution in [2.75, 3.05) is 19.6 Å². The third-order valence-corrected chi connectivity index (χ3v) is 3.18. The molecule has 1 atom stereocenters. The molecular formula is C10H20N2S. The molecule has 1 heterocycles. The molecule has 2 nitrogen and oxygen atoms in total. The van der Waals surface area contributed by atoms with E-state index in [4.69, 9.17) is 18.0 Å². The lowest BCUT2D eigenvalue weighted by atomic mass is 9.93. The van der Waals surface area contributed by atoms with Gasteiger partial charge in [0.2, 0.25) is 0 Å². The van der Waals surface area contributed by atoms with Crippen LogP contribution in [0.5, 0.6) is 0 Å². The third kappa shape index (κ3) is 3.24. The molecule has 13 heavy (non-hydrogen) atoms. The van der Waals surface area contributed by atoms with Crippen molar-refractivity contribution in [1.82, 2.24) is 4.90 Å². The van der Waals surface area contributed by atoms with E-state index in [9.17, 15) is 0 Å². The zero-order chi connectivity index (χ0) is 10.1. The molecule has 0 amide bonds. The van der Waals surface area contributed by atoms with Gasteiger partial charge in [-0.3, -0.25) is 0 Å². The molecule has 1 unspecified atom stereocenters. The maximum atomic E-state index is 5.59. The molecule has 0 spiro atoms. The summed E-state index contributed by atoms with van der Waals surface area (Å²) < 4.78 is 0. The third-order valence-electron chi connectivity index (χ3n) is 2.77. The van der Waals surface area contributed by atoms with E-state index in [-0.39, 0.29) is 0 Å². The first-order valence-corrected chi connectivity index (χ1v) is 5.33. The summed E-state index contributed by atoms with van der Waals surface area (Å²) >= 11 is 4.96. The van der Waals surface area contributed by atoms with Gasteiger partial charge in [-0.2, -0.15) is 0 Å². The fraction of sp³-hybridized carbons (Fsp3) is 0.900. The van der Waals surface area contributed by atoms with Crippen molar-refractivity contribution in [1.29, 1.82) is 0 Å².